The molecule has 4 N–H and O–H groups in total. The molecule has 2 atom stereocenters. The van der Waals surface area contributed by atoms with Crippen molar-refractivity contribution < 1.29 is 29.3 Å². The van der Waals surface area contributed by atoms with Crippen LogP contribution < -0.4 is 10.6 Å². The first kappa shape index (κ1) is 23.3. The quantitative estimate of drug-likeness (QED) is 0.475. The standard InChI is InChI=1S/C24H28N2O6/c1-14(2)22(23(30)25-12-15(27)11-21(28)29)26-24(31)32-13-20-18-9-5-3-7-16(18)17-8-4-6-10-19(17)20/h3-10,14-15,20,22,27H,11-13H2,1-2H3,(H,25,30)(H,26,31)(H,28,29)/t15?,22-/m1/s1. The number of aliphatic carboxylic acids is 1. The molecule has 0 aromatic heterocycles. The van der Waals surface area contributed by atoms with Crippen molar-refractivity contribution in [1.29, 1.82) is 0 Å². The van der Waals surface area contributed by atoms with Crippen molar-refractivity contribution in [1.82, 2.24) is 10.6 Å². The van der Waals surface area contributed by atoms with E-state index in [-0.39, 0.29) is 25.0 Å². The summed E-state index contributed by atoms with van der Waals surface area (Å²) in [7, 11) is 0. The molecule has 0 spiro atoms. The molecule has 0 saturated heterocycles. The highest BCUT2D eigenvalue weighted by Gasteiger charge is 2.30. The zero-order valence-electron chi connectivity index (χ0n) is 18.1. The molecule has 1 unspecified atom stereocenters. The predicted molar refractivity (Wildman–Crippen MR) is 118 cm³/mol. The SMILES string of the molecule is CC(C)[C@@H](NC(=O)OCC1c2ccccc2-c2ccccc21)C(=O)NCC(O)CC(=O)O. The lowest BCUT2D eigenvalue weighted by Crippen LogP contribution is -2.51. The molecule has 8 heteroatoms. The third-order valence-corrected chi connectivity index (χ3v) is 5.49. The number of carbonyl (C=O) groups is 3. The van der Waals surface area contributed by atoms with Crippen LogP contribution in [0.3, 0.4) is 0 Å². The Morgan fingerprint density at radius 3 is 2.09 bits per heavy atom. The molecular weight excluding hydrogens is 412 g/mol. The van der Waals surface area contributed by atoms with Crippen molar-refractivity contribution in [2.45, 2.75) is 38.3 Å². The number of carboxylic acid groups (broad SMARTS) is 1. The van der Waals surface area contributed by atoms with E-state index in [1.54, 1.807) is 13.8 Å². The van der Waals surface area contributed by atoms with Crippen LogP contribution in [0.25, 0.3) is 11.1 Å². The zero-order valence-corrected chi connectivity index (χ0v) is 18.1. The number of carboxylic acids is 1. The molecule has 32 heavy (non-hydrogen) atoms. The number of alkyl carbamates (subject to hydrolysis) is 1. The monoisotopic (exact) mass is 440 g/mol. The summed E-state index contributed by atoms with van der Waals surface area (Å²) in [4.78, 5) is 35.6. The van der Waals surface area contributed by atoms with Gasteiger partial charge in [-0.1, -0.05) is 62.4 Å². The van der Waals surface area contributed by atoms with E-state index in [0.29, 0.717) is 0 Å². The maximum absolute atomic E-state index is 12.5. The molecule has 1 aliphatic carbocycles. The van der Waals surface area contributed by atoms with Gasteiger partial charge in [0.05, 0.1) is 12.5 Å². The molecule has 2 aromatic carbocycles. The number of nitrogens with one attached hydrogen (secondary N) is 2. The first-order chi connectivity index (χ1) is 15.3. The molecular formula is C24H28N2O6. The minimum atomic E-state index is -1.21. The maximum Gasteiger partial charge on any atom is 0.407 e. The van der Waals surface area contributed by atoms with Gasteiger partial charge in [0.15, 0.2) is 0 Å². The normalized spacial score (nSPS) is 14.2. The fourth-order valence-corrected chi connectivity index (χ4v) is 3.90. The van der Waals surface area contributed by atoms with Crippen LogP contribution in [0.15, 0.2) is 48.5 Å². The Labute approximate surface area is 186 Å². The van der Waals surface area contributed by atoms with Crippen molar-refractivity contribution in [2.75, 3.05) is 13.2 Å². The number of ether oxygens (including phenoxy) is 1. The number of aliphatic hydroxyl groups excluding tert-OH is 1. The number of rotatable bonds is 9. The van der Waals surface area contributed by atoms with Crippen LogP contribution in [-0.2, 0) is 14.3 Å². The van der Waals surface area contributed by atoms with E-state index in [1.807, 2.05) is 48.5 Å². The third-order valence-electron chi connectivity index (χ3n) is 5.49. The molecule has 3 rings (SSSR count). The minimum Gasteiger partial charge on any atom is -0.481 e. The topological polar surface area (TPSA) is 125 Å². The zero-order chi connectivity index (χ0) is 23.3. The summed E-state index contributed by atoms with van der Waals surface area (Å²) < 4.78 is 5.49. The fourth-order valence-electron chi connectivity index (χ4n) is 3.90. The third kappa shape index (κ3) is 5.45. The largest absolute Gasteiger partial charge is 0.481 e. The average molecular weight is 440 g/mol. The summed E-state index contributed by atoms with van der Waals surface area (Å²) >= 11 is 0. The second-order valence-electron chi connectivity index (χ2n) is 8.19. The molecule has 1 aliphatic rings. The van der Waals surface area contributed by atoms with Gasteiger partial charge in [-0.15, -0.1) is 0 Å². The minimum absolute atomic E-state index is 0.0920. The number of fused-ring (bicyclic) bond motifs is 3. The Balaban J connectivity index is 1.59. The summed E-state index contributed by atoms with van der Waals surface area (Å²) in [6, 6.07) is 15.1. The van der Waals surface area contributed by atoms with Gasteiger partial charge >= 0.3 is 12.1 Å². The number of amides is 2. The number of hydrogen-bond acceptors (Lipinski definition) is 5. The van der Waals surface area contributed by atoms with Gasteiger partial charge in [-0.05, 0) is 28.2 Å². The predicted octanol–water partition coefficient (Wildman–Crippen LogP) is 2.50. The van der Waals surface area contributed by atoms with E-state index in [2.05, 4.69) is 10.6 Å². The number of carbonyl (C=O) groups excluding carboxylic acids is 2. The highest BCUT2D eigenvalue weighted by atomic mass is 16.5. The summed E-state index contributed by atoms with van der Waals surface area (Å²) in [5.74, 6) is -2.01. The van der Waals surface area contributed by atoms with Crippen LogP contribution in [0, 0.1) is 5.92 Å². The van der Waals surface area contributed by atoms with Gasteiger partial charge in [-0.2, -0.15) is 0 Å². The van der Waals surface area contributed by atoms with Crippen molar-refractivity contribution >= 4 is 18.0 Å². The molecule has 0 saturated carbocycles. The van der Waals surface area contributed by atoms with E-state index in [1.165, 1.54) is 0 Å². The van der Waals surface area contributed by atoms with E-state index in [4.69, 9.17) is 9.84 Å². The smallest absolute Gasteiger partial charge is 0.407 e. The summed E-state index contributed by atoms with van der Waals surface area (Å²) in [5.41, 5.74) is 4.42. The lowest BCUT2D eigenvalue weighted by molar-refractivity contribution is -0.139. The van der Waals surface area contributed by atoms with Crippen molar-refractivity contribution in [3.05, 3.63) is 59.7 Å². The Bertz CT molecular complexity index is 944. The highest BCUT2D eigenvalue weighted by Crippen LogP contribution is 2.44. The van der Waals surface area contributed by atoms with Crippen molar-refractivity contribution in [3.63, 3.8) is 0 Å². The molecule has 0 bridgehead atoms. The molecule has 0 radical (unpaired) electrons. The maximum atomic E-state index is 12.5. The Morgan fingerprint density at radius 2 is 1.56 bits per heavy atom. The van der Waals surface area contributed by atoms with Gasteiger partial charge in [-0.25, -0.2) is 4.79 Å². The average Bonchev–Trinajstić information content (AvgIpc) is 3.07. The van der Waals surface area contributed by atoms with Crippen molar-refractivity contribution in [3.8, 4) is 11.1 Å². The Kier molecular flexibility index (Phi) is 7.48. The van der Waals surface area contributed by atoms with Gasteiger partial charge in [-0.3, -0.25) is 9.59 Å². The van der Waals surface area contributed by atoms with E-state index >= 15 is 0 Å². The molecule has 0 fully saturated rings. The fraction of sp³-hybridized carbons (Fsp3) is 0.375. The first-order valence-electron chi connectivity index (χ1n) is 10.6. The lowest BCUT2D eigenvalue weighted by atomic mass is 9.98. The Morgan fingerprint density at radius 1 is 1.00 bits per heavy atom. The van der Waals surface area contributed by atoms with Crippen LogP contribution in [0.1, 0.15) is 37.3 Å². The van der Waals surface area contributed by atoms with Crippen molar-refractivity contribution in [2.24, 2.45) is 5.92 Å². The van der Waals surface area contributed by atoms with Gasteiger partial charge in [0.1, 0.15) is 12.6 Å². The number of benzene rings is 2. The molecule has 8 nitrogen and oxygen atoms in total. The van der Waals surface area contributed by atoms with Crippen LogP contribution in [0.4, 0.5) is 4.79 Å². The van der Waals surface area contributed by atoms with Crippen LogP contribution in [-0.4, -0.2) is 53.5 Å². The van der Waals surface area contributed by atoms with Gasteiger partial charge in [0.2, 0.25) is 5.91 Å². The van der Waals surface area contributed by atoms with Gasteiger partial charge < -0.3 is 25.6 Å². The van der Waals surface area contributed by atoms with Crippen LogP contribution >= 0.6 is 0 Å². The number of hydrogen-bond donors (Lipinski definition) is 4. The van der Waals surface area contributed by atoms with E-state index in [9.17, 15) is 19.5 Å². The van der Waals surface area contributed by atoms with E-state index in [0.717, 1.165) is 22.3 Å². The second-order valence-corrected chi connectivity index (χ2v) is 8.19. The second kappa shape index (κ2) is 10.3. The molecule has 170 valence electrons. The molecule has 0 aliphatic heterocycles. The van der Waals surface area contributed by atoms with Crippen LogP contribution in [0.5, 0.6) is 0 Å². The molecule has 0 heterocycles. The number of aliphatic hydroxyl groups is 1. The summed E-state index contributed by atoms with van der Waals surface area (Å²) in [6.45, 7) is 3.44. The van der Waals surface area contributed by atoms with Gasteiger partial charge in [0.25, 0.3) is 0 Å². The Hall–Kier alpha value is -3.39. The van der Waals surface area contributed by atoms with E-state index < -0.39 is 36.5 Å². The van der Waals surface area contributed by atoms with Crippen LogP contribution in [0.2, 0.25) is 0 Å². The highest BCUT2D eigenvalue weighted by molar-refractivity contribution is 5.86. The summed E-state index contributed by atoms with van der Waals surface area (Å²) in [6.07, 6.45) is -2.41. The molecule has 2 aromatic rings. The summed E-state index contributed by atoms with van der Waals surface area (Å²) in [5, 5.41) is 23.4. The van der Waals surface area contributed by atoms with Gasteiger partial charge in [0, 0.05) is 12.5 Å². The molecule has 2 amide bonds. The first-order valence-corrected chi connectivity index (χ1v) is 10.6. The lowest BCUT2D eigenvalue weighted by Gasteiger charge is -2.23.